The van der Waals surface area contributed by atoms with Gasteiger partial charge >= 0.3 is 0 Å². The van der Waals surface area contributed by atoms with E-state index in [1.807, 2.05) is 13.1 Å². The fourth-order valence-electron chi connectivity index (χ4n) is 1.67. The summed E-state index contributed by atoms with van der Waals surface area (Å²) in [6.07, 6.45) is 4.81. The summed E-state index contributed by atoms with van der Waals surface area (Å²) in [7, 11) is 0. The molecule has 0 aliphatic heterocycles. The maximum Gasteiger partial charge on any atom is 0.131 e. The van der Waals surface area contributed by atoms with E-state index in [9.17, 15) is 0 Å². The number of nitrogens with two attached hydrogens (primary N) is 1. The van der Waals surface area contributed by atoms with Crippen molar-refractivity contribution in [2.45, 2.75) is 32.9 Å². The number of hydrogen-bond acceptors (Lipinski definition) is 5. The normalized spacial score (nSPS) is 12.9. The predicted octanol–water partition coefficient (Wildman–Crippen LogP) is 1.50. The van der Waals surface area contributed by atoms with Gasteiger partial charge in [-0.1, -0.05) is 11.4 Å². The molecule has 2 rings (SSSR count). The first-order chi connectivity index (χ1) is 7.74. The second-order valence-corrected chi connectivity index (χ2v) is 4.46. The van der Waals surface area contributed by atoms with Crippen LogP contribution in [0, 0.1) is 6.92 Å². The van der Waals surface area contributed by atoms with Crippen molar-refractivity contribution in [2.75, 3.05) is 0 Å². The van der Waals surface area contributed by atoms with Crippen LogP contribution in [0.5, 0.6) is 0 Å². The molecule has 2 aromatic heterocycles. The van der Waals surface area contributed by atoms with Gasteiger partial charge in [-0.25, -0.2) is 4.98 Å². The maximum atomic E-state index is 6.18. The van der Waals surface area contributed by atoms with Gasteiger partial charge in [-0.15, -0.1) is 5.10 Å². The van der Waals surface area contributed by atoms with Crippen molar-refractivity contribution in [3.8, 4) is 0 Å². The third kappa shape index (κ3) is 1.98. The van der Waals surface area contributed by atoms with Crippen LogP contribution in [0.15, 0.2) is 12.4 Å². The molecular weight excluding hydrogens is 222 g/mol. The van der Waals surface area contributed by atoms with Crippen molar-refractivity contribution >= 4 is 11.5 Å². The van der Waals surface area contributed by atoms with Crippen molar-refractivity contribution in [1.82, 2.24) is 19.1 Å². The molecule has 0 amide bonds. The number of imidazole rings is 1. The zero-order valence-electron chi connectivity index (χ0n) is 9.42. The second kappa shape index (κ2) is 4.71. The third-order valence-electron chi connectivity index (χ3n) is 2.46. The second-order valence-electron chi connectivity index (χ2n) is 3.68. The van der Waals surface area contributed by atoms with Crippen LogP contribution in [0.4, 0.5) is 0 Å². The summed E-state index contributed by atoms with van der Waals surface area (Å²) >= 11 is 1.34. The van der Waals surface area contributed by atoms with E-state index in [2.05, 4.69) is 26.1 Å². The lowest BCUT2D eigenvalue weighted by Crippen LogP contribution is -2.17. The van der Waals surface area contributed by atoms with E-state index < -0.39 is 0 Å². The Hall–Kier alpha value is -1.27. The molecular formula is C10H15N5S. The third-order valence-corrected chi connectivity index (χ3v) is 3.37. The summed E-state index contributed by atoms with van der Waals surface area (Å²) in [6.45, 7) is 4.99. The van der Waals surface area contributed by atoms with E-state index in [-0.39, 0.29) is 6.04 Å². The average Bonchev–Trinajstić information content (AvgIpc) is 2.87. The van der Waals surface area contributed by atoms with E-state index in [0.717, 1.165) is 29.4 Å². The molecule has 0 bridgehead atoms. The molecule has 2 heterocycles. The molecule has 0 saturated heterocycles. The zero-order valence-corrected chi connectivity index (χ0v) is 10.2. The minimum atomic E-state index is -0.221. The van der Waals surface area contributed by atoms with Crippen molar-refractivity contribution in [3.05, 3.63) is 28.8 Å². The Morgan fingerprint density at radius 1 is 1.56 bits per heavy atom. The lowest BCUT2D eigenvalue weighted by Gasteiger charge is -2.12. The van der Waals surface area contributed by atoms with Gasteiger partial charge < -0.3 is 10.3 Å². The molecule has 2 aromatic rings. The molecule has 5 nitrogen and oxygen atoms in total. The molecule has 0 spiro atoms. The summed E-state index contributed by atoms with van der Waals surface area (Å²) in [5.41, 5.74) is 7.08. The van der Waals surface area contributed by atoms with Gasteiger partial charge in [0.25, 0.3) is 0 Å². The monoisotopic (exact) mass is 237 g/mol. The summed E-state index contributed by atoms with van der Waals surface area (Å²) in [6, 6.07) is -0.221. The fourth-order valence-corrected chi connectivity index (χ4v) is 2.31. The number of aromatic nitrogens is 4. The number of nitrogens with zero attached hydrogens (tertiary/aromatic N) is 4. The Morgan fingerprint density at radius 3 is 3.00 bits per heavy atom. The van der Waals surface area contributed by atoms with Crippen LogP contribution in [0.2, 0.25) is 0 Å². The molecule has 0 aromatic carbocycles. The Bertz CT molecular complexity index is 461. The molecule has 86 valence electrons. The predicted molar refractivity (Wildman–Crippen MR) is 63.2 cm³/mol. The lowest BCUT2D eigenvalue weighted by atomic mass is 10.2. The van der Waals surface area contributed by atoms with Crippen LogP contribution in [0.3, 0.4) is 0 Å². The van der Waals surface area contributed by atoms with Crippen LogP contribution in [-0.4, -0.2) is 19.1 Å². The quantitative estimate of drug-likeness (QED) is 0.875. The Balaban J connectivity index is 2.30. The van der Waals surface area contributed by atoms with Gasteiger partial charge in [0.05, 0.1) is 10.6 Å². The maximum absolute atomic E-state index is 6.18. The summed E-state index contributed by atoms with van der Waals surface area (Å²) in [5.74, 6) is 0.885. The van der Waals surface area contributed by atoms with Crippen molar-refractivity contribution < 1.29 is 0 Å². The molecule has 6 heteroatoms. The van der Waals surface area contributed by atoms with E-state index in [0.29, 0.717) is 0 Å². The van der Waals surface area contributed by atoms with Crippen LogP contribution in [0.1, 0.15) is 35.8 Å². The zero-order chi connectivity index (χ0) is 11.5. The largest absolute Gasteiger partial charge is 0.333 e. The van der Waals surface area contributed by atoms with Gasteiger partial charge in [-0.05, 0) is 24.9 Å². The van der Waals surface area contributed by atoms with Gasteiger partial charge in [0, 0.05) is 18.9 Å². The Morgan fingerprint density at radius 2 is 2.38 bits per heavy atom. The number of hydrogen-bond donors (Lipinski definition) is 1. The number of aryl methyl sites for hydroxylation is 2. The topological polar surface area (TPSA) is 69.6 Å². The van der Waals surface area contributed by atoms with Crippen LogP contribution < -0.4 is 5.73 Å². The smallest absolute Gasteiger partial charge is 0.131 e. The highest BCUT2D eigenvalue weighted by atomic mass is 32.1. The molecule has 0 radical (unpaired) electrons. The molecule has 0 aliphatic rings. The minimum Gasteiger partial charge on any atom is -0.333 e. The molecule has 0 fully saturated rings. The SMILES string of the molecule is CCCn1ccnc1C(N)c1snnc1C. The summed E-state index contributed by atoms with van der Waals surface area (Å²) in [5, 5.41) is 3.97. The highest BCUT2D eigenvalue weighted by Gasteiger charge is 2.19. The standard InChI is InChI=1S/C10H15N5S/c1-3-5-15-6-4-12-10(15)8(11)9-7(2)13-14-16-9/h4,6,8H,3,5,11H2,1-2H3. The first kappa shape index (κ1) is 11.2. The number of rotatable bonds is 4. The lowest BCUT2D eigenvalue weighted by molar-refractivity contribution is 0.614. The molecule has 1 atom stereocenters. The average molecular weight is 237 g/mol. The molecule has 0 saturated carbocycles. The van der Waals surface area contributed by atoms with Gasteiger partial charge in [0.2, 0.25) is 0 Å². The fraction of sp³-hybridized carbons (Fsp3) is 0.500. The van der Waals surface area contributed by atoms with Crippen LogP contribution in [-0.2, 0) is 6.54 Å². The molecule has 2 N–H and O–H groups in total. The van der Waals surface area contributed by atoms with E-state index >= 15 is 0 Å². The molecule has 1 unspecified atom stereocenters. The van der Waals surface area contributed by atoms with Crippen molar-refractivity contribution in [3.63, 3.8) is 0 Å². The molecule has 0 aliphatic carbocycles. The Kier molecular flexibility index (Phi) is 3.31. The first-order valence-corrected chi connectivity index (χ1v) is 6.06. The highest BCUT2D eigenvalue weighted by molar-refractivity contribution is 7.05. The van der Waals surface area contributed by atoms with Gasteiger partial charge in [0.15, 0.2) is 0 Å². The summed E-state index contributed by atoms with van der Waals surface area (Å²) < 4.78 is 5.99. The van der Waals surface area contributed by atoms with Crippen LogP contribution in [0.25, 0.3) is 0 Å². The highest BCUT2D eigenvalue weighted by Crippen LogP contribution is 2.23. The van der Waals surface area contributed by atoms with E-state index in [1.165, 1.54) is 11.5 Å². The molecule has 16 heavy (non-hydrogen) atoms. The minimum absolute atomic E-state index is 0.221. The first-order valence-electron chi connectivity index (χ1n) is 5.29. The van der Waals surface area contributed by atoms with E-state index in [1.54, 1.807) is 6.20 Å². The van der Waals surface area contributed by atoms with E-state index in [4.69, 9.17) is 5.73 Å². The van der Waals surface area contributed by atoms with Crippen LogP contribution >= 0.6 is 11.5 Å². The van der Waals surface area contributed by atoms with Gasteiger partial charge in [-0.3, -0.25) is 0 Å². The summed E-state index contributed by atoms with van der Waals surface area (Å²) in [4.78, 5) is 5.31. The van der Waals surface area contributed by atoms with Crippen molar-refractivity contribution in [1.29, 1.82) is 0 Å². The van der Waals surface area contributed by atoms with Crippen molar-refractivity contribution in [2.24, 2.45) is 5.73 Å². The van der Waals surface area contributed by atoms with Gasteiger partial charge in [-0.2, -0.15) is 0 Å². The Labute approximate surface area is 98.5 Å². The van der Waals surface area contributed by atoms with Gasteiger partial charge in [0.1, 0.15) is 11.9 Å².